The zero-order chi connectivity index (χ0) is 20.7. The monoisotopic (exact) mass is 410 g/mol. The van der Waals surface area contributed by atoms with E-state index in [0.29, 0.717) is 22.2 Å². The second-order valence-electron chi connectivity index (χ2n) is 6.47. The number of aliphatic hydroxyl groups excluding tert-OH is 1. The summed E-state index contributed by atoms with van der Waals surface area (Å²) in [5.74, 6) is -0.667. The number of nitrogens with zero attached hydrogens (tertiary/aromatic N) is 2. The van der Waals surface area contributed by atoms with Gasteiger partial charge in [0.05, 0.1) is 30.0 Å². The topological polar surface area (TPSA) is 89.0 Å². The molecule has 1 aromatic heterocycles. The SMILES string of the molecule is COc1ccc(OC)c([C@H]2C(C(C)=O)=C(O)C(=O)N2c2nc3ccccc3s2)c1. The molecule has 0 bridgehead atoms. The van der Waals surface area contributed by atoms with Crippen molar-refractivity contribution >= 4 is 38.4 Å². The van der Waals surface area contributed by atoms with E-state index in [9.17, 15) is 14.7 Å². The Morgan fingerprint density at radius 1 is 1.17 bits per heavy atom. The Bertz CT molecular complexity index is 1130. The van der Waals surface area contributed by atoms with Gasteiger partial charge in [-0.2, -0.15) is 0 Å². The van der Waals surface area contributed by atoms with Crippen LogP contribution in [0.1, 0.15) is 18.5 Å². The number of rotatable bonds is 5. The molecule has 0 saturated heterocycles. The number of amides is 1. The third-order valence-electron chi connectivity index (χ3n) is 4.81. The first-order chi connectivity index (χ1) is 14.0. The van der Waals surface area contributed by atoms with Crippen molar-refractivity contribution in [1.29, 1.82) is 0 Å². The maximum absolute atomic E-state index is 13.0. The maximum atomic E-state index is 13.0. The number of anilines is 1. The van der Waals surface area contributed by atoms with Crippen LogP contribution in [0.5, 0.6) is 11.5 Å². The fourth-order valence-electron chi connectivity index (χ4n) is 3.47. The average Bonchev–Trinajstić information content (AvgIpc) is 3.26. The molecule has 1 amide bonds. The summed E-state index contributed by atoms with van der Waals surface area (Å²) >= 11 is 1.31. The van der Waals surface area contributed by atoms with E-state index in [-0.39, 0.29) is 5.57 Å². The molecule has 0 unspecified atom stereocenters. The maximum Gasteiger partial charge on any atom is 0.296 e. The van der Waals surface area contributed by atoms with Gasteiger partial charge in [-0.05, 0) is 37.3 Å². The summed E-state index contributed by atoms with van der Waals surface area (Å²) in [5, 5.41) is 10.9. The van der Waals surface area contributed by atoms with Crippen molar-refractivity contribution in [3.05, 3.63) is 59.4 Å². The van der Waals surface area contributed by atoms with Crippen molar-refractivity contribution in [3.8, 4) is 11.5 Å². The Hall–Kier alpha value is -3.39. The molecule has 1 aliphatic rings. The number of methoxy groups -OCH3 is 2. The highest BCUT2D eigenvalue weighted by atomic mass is 32.1. The van der Waals surface area contributed by atoms with Gasteiger partial charge < -0.3 is 14.6 Å². The third kappa shape index (κ3) is 3.01. The zero-order valence-electron chi connectivity index (χ0n) is 16.0. The fourth-order valence-corrected chi connectivity index (χ4v) is 4.46. The Labute approximate surface area is 170 Å². The molecule has 7 nitrogen and oxygen atoms in total. The van der Waals surface area contributed by atoms with Gasteiger partial charge in [-0.3, -0.25) is 14.5 Å². The number of ketones is 1. The Kier molecular flexibility index (Phi) is 4.71. The summed E-state index contributed by atoms with van der Waals surface area (Å²) in [6, 6.07) is 11.7. The van der Waals surface area contributed by atoms with Crippen molar-refractivity contribution in [2.24, 2.45) is 0 Å². The number of carbonyl (C=O) groups is 2. The molecule has 0 fully saturated rings. The molecule has 8 heteroatoms. The second-order valence-corrected chi connectivity index (χ2v) is 7.48. The van der Waals surface area contributed by atoms with E-state index in [4.69, 9.17) is 9.47 Å². The molecule has 1 aliphatic heterocycles. The summed E-state index contributed by atoms with van der Waals surface area (Å²) in [4.78, 5) is 31.3. The summed E-state index contributed by atoms with van der Waals surface area (Å²) in [6.07, 6.45) is 0. The van der Waals surface area contributed by atoms with Gasteiger partial charge in [0.25, 0.3) is 5.91 Å². The minimum Gasteiger partial charge on any atom is -0.503 e. The Morgan fingerprint density at radius 3 is 2.59 bits per heavy atom. The van der Waals surface area contributed by atoms with Crippen LogP contribution in [0.15, 0.2) is 53.8 Å². The highest BCUT2D eigenvalue weighted by molar-refractivity contribution is 7.22. The predicted octanol–water partition coefficient (Wildman–Crippen LogP) is 3.80. The zero-order valence-corrected chi connectivity index (χ0v) is 16.8. The highest BCUT2D eigenvalue weighted by Crippen LogP contribution is 2.46. The predicted molar refractivity (Wildman–Crippen MR) is 110 cm³/mol. The van der Waals surface area contributed by atoms with Gasteiger partial charge in [-0.1, -0.05) is 23.5 Å². The molecular formula is C21H18N2O5S. The van der Waals surface area contributed by atoms with Gasteiger partial charge in [-0.15, -0.1) is 0 Å². The minimum absolute atomic E-state index is 0.000749. The summed E-state index contributed by atoms with van der Waals surface area (Å²) < 4.78 is 11.7. The van der Waals surface area contributed by atoms with E-state index in [0.717, 1.165) is 10.2 Å². The number of Topliss-reactive ketones (excluding diaryl/α,β-unsaturated/α-hetero) is 1. The summed E-state index contributed by atoms with van der Waals surface area (Å²) in [5.41, 5.74) is 1.25. The van der Waals surface area contributed by atoms with Crippen LogP contribution in [0, 0.1) is 0 Å². The molecule has 1 N–H and O–H groups in total. The van der Waals surface area contributed by atoms with Crippen molar-refractivity contribution in [3.63, 3.8) is 0 Å². The van der Waals surface area contributed by atoms with Crippen LogP contribution in [-0.2, 0) is 9.59 Å². The van der Waals surface area contributed by atoms with E-state index in [2.05, 4.69) is 4.98 Å². The highest BCUT2D eigenvalue weighted by Gasteiger charge is 2.45. The second kappa shape index (κ2) is 7.21. The number of fused-ring (bicyclic) bond motifs is 1. The number of carbonyl (C=O) groups excluding carboxylic acids is 2. The first-order valence-corrected chi connectivity index (χ1v) is 9.63. The molecule has 4 rings (SSSR count). The van der Waals surface area contributed by atoms with Gasteiger partial charge in [-0.25, -0.2) is 4.98 Å². The van der Waals surface area contributed by atoms with E-state index in [1.54, 1.807) is 18.2 Å². The van der Waals surface area contributed by atoms with Crippen molar-refractivity contribution < 1.29 is 24.2 Å². The number of ether oxygens (including phenoxy) is 2. The quantitative estimate of drug-likeness (QED) is 0.688. The first kappa shape index (κ1) is 18.9. The molecule has 1 atom stereocenters. The van der Waals surface area contributed by atoms with Gasteiger partial charge in [0, 0.05) is 5.56 Å². The number of aliphatic hydroxyl groups is 1. The number of hydrogen-bond donors (Lipinski definition) is 1. The van der Waals surface area contributed by atoms with Crippen molar-refractivity contribution in [2.45, 2.75) is 13.0 Å². The largest absolute Gasteiger partial charge is 0.503 e. The number of benzene rings is 2. The van der Waals surface area contributed by atoms with Crippen molar-refractivity contribution in [1.82, 2.24) is 4.98 Å². The third-order valence-corrected chi connectivity index (χ3v) is 5.84. The molecule has 2 aromatic carbocycles. The number of para-hydroxylation sites is 1. The lowest BCUT2D eigenvalue weighted by atomic mass is 9.96. The summed E-state index contributed by atoms with van der Waals surface area (Å²) in [7, 11) is 3.02. The summed E-state index contributed by atoms with van der Waals surface area (Å²) in [6.45, 7) is 1.32. The standard InChI is InChI=1S/C21H18N2O5S/c1-11(24)17-18(13-10-12(27-2)8-9-15(13)28-3)23(20(26)19(17)25)21-22-14-6-4-5-7-16(14)29-21/h4-10,18,25H,1-3H3/t18-/m0/s1. The van der Waals surface area contributed by atoms with Crippen LogP contribution in [0.3, 0.4) is 0 Å². The van der Waals surface area contributed by atoms with E-state index >= 15 is 0 Å². The first-order valence-electron chi connectivity index (χ1n) is 8.81. The van der Waals surface area contributed by atoms with Gasteiger partial charge in [0.1, 0.15) is 17.5 Å². The minimum atomic E-state index is -0.884. The fraction of sp³-hybridized carbons (Fsp3) is 0.190. The number of thiazole rings is 1. The van der Waals surface area contributed by atoms with Gasteiger partial charge in [0.2, 0.25) is 0 Å². The van der Waals surface area contributed by atoms with Crippen LogP contribution in [0.25, 0.3) is 10.2 Å². The molecular weight excluding hydrogens is 392 g/mol. The van der Waals surface area contributed by atoms with E-state index in [1.165, 1.54) is 37.4 Å². The molecule has 0 spiro atoms. The molecule has 2 heterocycles. The van der Waals surface area contributed by atoms with Crippen LogP contribution >= 0.6 is 11.3 Å². The van der Waals surface area contributed by atoms with Crippen LogP contribution in [-0.4, -0.2) is 36.0 Å². The Balaban J connectivity index is 1.95. The van der Waals surface area contributed by atoms with Gasteiger partial charge in [0.15, 0.2) is 16.7 Å². The molecule has 148 valence electrons. The van der Waals surface area contributed by atoms with E-state index in [1.807, 2.05) is 24.3 Å². The lowest BCUT2D eigenvalue weighted by Gasteiger charge is -2.25. The normalized spacial score (nSPS) is 16.6. The number of hydrogen-bond acceptors (Lipinski definition) is 7. The average molecular weight is 410 g/mol. The van der Waals surface area contributed by atoms with Crippen molar-refractivity contribution in [2.75, 3.05) is 19.1 Å². The van der Waals surface area contributed by atoms with Crippen LogP contribution in [0.4, 0.5) is 5.13 Å². The lowest BCUT2D eigenvalue weighted by molar-refractivity contribution is -0.117. The molecule has 0 aliphatic carbocycles. The van der Waals surface area contributed by atoms with E-state index < -0.39 is 23.5 Å². The molecule has 29 heavy (non-hydrogen) atoms. The van der Waals surface area contributed by atoms with Crippen LogP contribution < -0.4 is 14.4 Å². The molecule has 3 aromatic rings. The smallest absolute Gasteiger partial charge is 0.296 e. The molecule has 0 radical (unpaired) electrons. The Morgan fingerprint density at radius 2 is 1.93 bits per heavy atom. The number of aromatic nitrogens is 1. The molecule has 0 saturated carbocycles. The lowest BCUT2D eigenvalue weighted by Crippen LogP contribution is -2.31. The van der Waals surface area contributed by atoms with Crippen LogP contribution in [0.2, 0.25) is 0 Å². The van der Waals surface area contributed by atoms with Gasteiger partial charge >= 0.3 is 0 Å².